The fourth-order valence-corrected chi connectivity index (χ4v) is 10.2. The van der Waals surface area contributed by atoms with Gasteiger partial charge < -0.3 is 34.0 Å². The van der Waals surface area contributed by atoms with Crippen LogP contribution in [0.4, 0.5) is 0 Å². The second-order valence-corrected chi connectivity index (χ2v) is 13.1. The van der Waals surface area contributed by atoms with E-state index in [0.717, 1.165) is 24.7 Å². The van der Waals surface area contributed by atoms with Gasteiger partial charge in [0.15, 0.2) is 24.6 Å². The third-order valence-electron chi connectivity index (χ3n) is 11.4. The van der Waals surface area contributed by atoms with Crippen LogP contribution in [0.15, 0.2) is 11.6 Å². The largest absolute Gasteiger partial charge is 0.481 e. The molecular formula is C28H36O10. The van der Waals surface area contributed by atoms with E-state index in [9.17, 15) is 24.6 Å². The quantitative estimate of drug-likeness (QED) is 0.285. The zero-order chi connectivity index (χ0) is 27.0. The summed E-state index contributed by atoms with van der Waals surface area (Å²) in [4.78, 5) is 38.4. The van der Waals surface area contributed by atoms with Crippen LogP contribution in [0.1, 0.15) is 53.4 Å². The molecule has 8 rings (SSSR count). The molecule has 0 radical (unpaired) electrons. The van der Waals surface area contributed by atoms with Crippen molar-refractivity contribution in [3.8, 4) is 0 Å². The summed E-state index contributed by atoms with van der Waals surface area (Å²) in [7, 11) is 0. The summed E-state index contributed by atoms with van der Waals surface area (Å²) in [6, 6.07) is 0. The average molecular weight is 533 g/mol. The lowest BCUT2D eigenvalue weighted by Crippen LogP contribution is -2.66. The standard InChI is InChI=1S/C28H36O10/c1-12(2)18-7-15-8-25(10-29)17-6-5-13(3)16(17)9-26(15,27(18,25)24(32)33)11-34-28-22(31)20-19(35-14(4)30)21(37-28)23(36-20)38-28/h7,10,12-13,15-17,19-23,31H,5-6,8-9,11H2,1-4H3,(H,32,33)/t13-,15+,16-,17-,19+,20+,21+,22+,23?,25+,26+,27+,28-/m1/s1. The number of carboxylic acids is 1. The van der Waals surface area contributed by atoms with Crippen molar-refractivity contribution in [2.24, 2.45) is 45.8 Å². The summed E-state index contributed by atoms with van der Waals surface area (Å²) in [5, 5.41) is 22.3. The predicted molar refractivity (Wildman–Crippen MR) is 127 cm³/mol. The molecule has 0 aromatic rings. The Bertz CT molecular complexity index is 1130. The third kappa shape index (κ3) is 2.56. The molecule has 10 heteroatoms. The Labute approximate surface area is 221 Å². The molecule has 8 bridgehead atoms. The number of allylic oxidation sites excluding steroid dienone is 1. The number of carbonyl (C=O) groups excluding carboxylic acids is 2. The van der Waals surface area contributed by atoms with E-state index in [1.165, 1.54) is 6.92 Å². The first-order valence-corrected chi connectivity index (χ1v) is 13.9. The van der Waals surface area contributed by atoms with Gasteiger partial charge in [0.25, 0.3) is 0 Å². The smallest absolute Gasteiger partial charge is 0.316 e. The molecule has 1 unspecified atom stereocenters. The Kier molecular flexibility index (Phi) is 5.07. The molecule has 13 atom stereocenters. The SMILES string of the molecule is CC(=O)O[C@H]1[C@@H]2OC3O[C@](OC[C@@]45C[C@@H]6[C@H](C)CC[C@H]6[C@@]6(C=O)C[C@@H]4C=C(C(C)C)[C@@]56C(=O)O)(O[C@H]31)[C@H]2O. The lowest BCUT2D eigenvalue weighted by molar-refractivity contribution is -0.447. The number of esters is 1. The molecule has 8 aliphatic rings. The number of aldehydes is 1. The van der Waals surface area contributed by atoms with Gasteiger partial charge in [-0.1, -0.05) is 38.8 Å². The maximum atomic E-state index is 13.6. The second-order valence-electron chi connectivity index (χ2n) is 13.1. The van der Waals surface area contributed by atoms with E-state index in [2.05, 4.69) is 13.0 Å². The number of rotatable bonds is 7. The fourth-order valence-electron chi connectivity index (χ4n) is 10.2. The molecule has 3 saturated carbocycles. The monoisotopic (exact) mass is 532 g/mol. The van der Waals surface area contributed by atoms with Gasteiger partial charge in [0, 0.05) is 12.3 Å². The van der Waals surface area contributed by atoms with Crippen molar-refractivity contribution in [2.75, 3.05) is 6.61 Å². The minimum Gasteiger partial charge on any atom is -0.481 e. The van der Waals surface area contributed by atoms with Crippen LogP contribution in [0, 0.1) is 45.8 Å². The van der Waals surface area contributed by atoms with Crippen molar-refractivity contribution in [3.05, 3.63) is 11.6 Å². The molecule has 0 aromatic heterocycles. The highest BCUT2D eigenvalue weighted by molar-refractivity contribution is 5.90. The van der Waals surface area contributed by atoms with Crippen LogP contribution < -0.4 is 0 Å². The molecule has 7 fully saturated rings. The van der Waals surface area contributed by atoms with Crippen LogP contribution in [-0.2, 0) is 38.1 Å². The molecule has 0 spiro atoms. The van der Waals surface area contributed by atoms with Crippen molar-refractivity contribution in [1.82, 2.24) is 0 Å². The number of aliphatic hydroxyl groups excluding tert-OH is 1. The van der Waals surface area contributed by atoms with Gasteiger partial charge in [0.1, 0.15) is 17.8 Å². The molecule has 4 heterocycles. The minimum atomic E-state index is -1.86. The van der Waals surface area contributed by atoms with Crippen LogP contribution in [0.25, 0.3) is 0 Å². The number of carboxylic acid groups (broad SMARTS) is 1. The lowest BCUT2D eigenvalue weighted by Gasteiger charge is -2.58. The number of hydrogen-bond acceptors (Lipinski definition) is 9. The summed E-state index contributed by atoms with van der Waals surface area (Å²) < 4.78 is 29.5. The molecule has 4 aliphatic heterocycles. The third-order valence-corrected chi connectivity index (χ3v) is 11.4. The second kappa shape index (κ2) is 7.66. The Morgan fingerprint density at radius 1 is 1.21 bits per heavy atom. The Morgan fingerprint density at radius 3 is 2.63 bits per heavy atom. The van der Waals surface area contributed by atoms with E-state index in [1.54, 1.807) is 0 Å². The molecule has 208 valence electrons. The number of aliphatic hydroxyl groups is 1. The maximum absolute atomic E-state index is 13.6. The molecular weight excluding hydrogens is 496 g/mol. The Hall–Kier alpha value is -1.85. The van der Waals surface area contributed by atoms with Gasteiger partial charge >= 0.3 is 17.9 Å². The topological polar surface area (TPSA) is 138 Å². The van der Waals surface area contributed by atoms with E-state index >= 15 is 0 Å². The summed E-state index contributed by atoms with van der Waals surface area (Å²) in [5.41, 5.74) is -2.50. The van der Waals surface area contributed by atoms with Crippen LogP contribution in [0.5, 0.6) is 0 Å². The molecule has 0 amide bonds. The number of ether oxygens (including phenoxy) is 5. The number of carbonyl (C=O) groups is 3. The first-order valence-electron chi connectivity index (χ1n) is 13.9. The van der Waals surface area contributed by atoms with Crippen LogP contribution in [0.2, 0.25) is 0 Å². The van der Waals surface area contributed by atoms with E-state index in [4.69, 9.17) is 23.7 Å². The fraction of sp³-hybridized carbons (Fsp3) is 0.821. The Morgan fingerprint density at radius 2 is 1.97 bits per heavy atom. The van der Waals surface area contributed by atoms with Crippen molar-refractivity contribution >= 4 is 18.2 Å². The number of fused-ring (bicyclic) bond motifs is 2. The summed E-state index contributed by atoms with van der Waals surface area (Å²) in [5.74, 6) is -2.98. The molecule has 4 saturated heterocycles. The predicted octanol–water partition coefficient (Wildman–Crippen LogP) is 2.03. The minimum absolute atomic E-state index is 0.0130. The zero-order valence-corrected chi connectivity index (χ0v) is 22.1. The number of hydrogen-bond donors (Lipinski definition) is 2. The molecule has 38 heavy (non-hydrogen) atoms. The number of aliphatic carboxylic acids is 1. The Balaban J connectivity index is 1.29. The van der Waals surface area contributed by atoms with Gasteiger partial charge in [0.05, 0.1) is 12.0 Å². The van der Waals surface area contributed by atoms with Crippen LogP contribution >= 0.6 is 0 Å². The molecule has 10 nitrogen and oxygen atoms in total. The molecule has 2 N–H and O–H groups in total. The van der Waals surface area contributed by atoms with Crippen LogP contribution in [0.3, 0.4) is 0 Å². The molecule has 0 aromatic carbocycles. The zero-order valence-electron chi connectivity index (χ0n) is 22.1. The van der Waals surface area contributed by atoms with Gasteiger partial charge in [0.2, 0.25) is 0 Å². The van der Waals surface area contributed by atoms with E-state index in [0.29, 0.717) is 18.8 Å². The highest BCUT2D eigenvalue weighted by Crippen LogP contribution is 2.82. The van der Waals surface area contributed by atoms with Gasteiger partial charge in [-0.2, -0.15) is 0 Å². The summed E-state index contributed by atoms with van der Waals surface area (Å²) in [6.45, 7) is 7.41. The normalized spacial score (nSPS) is 54.9. The first kappa shape index (κ1) is 25.1. The maximum Gasteiger partial charge on any atom is 0.316 e. The van der Waals surface area contributed by atoms with Gasteiger partial charge in [-0.15, -0.1) is 0 Å². The van der Waals surface area contributed by atoms with Crippen molar-refractivity contribution < 1.29 is 48.3 Å². The van der Waals surface area contributed by atoms with E-state index in [-0.39, 0.29) is 30.3 Å². The van der Waals surface area contributed by atoms with Crippen molar-refractivity contribution in [1.29, 1.82) is 0 Å². The van der Waals surface area contributed by atoms with Crippen molar-refractivity contribution in [2.45, 2.75) is 90.1 Å². The van der Waals surface area contributed by atoms with Crippen LogP contribution in [-0.4, -0.2) is 71.7 Å². The van der Waals surface area contributed by atoms with E-state index < -0.39 is 64.9 Å². The van der Waals surface area contributed by atoms with Gasteiger partial charge in [-0.25, -0.2) is 0 Å². The average Bonchev–Trinajstić information content (AvgIpc) is 3.58. The highest BCUT2D eigenvalue weighted by Gasteiger charge is 2.85. The summed E-state index contributed by atoms with van der Waals surface area (Å²) >= 11 is 0. The van der Waals surface area contributed by atoms with Gasteiger partial charge in [-0.3, -0.25) is 14.3 Å². The summed E-state index contributed by atoms with van der Waals surface area (Å²) in [6.07, 6.45) is 1.24. The first-order chi connectivity index (χ1) is 18.0. The highest BCUT2D eigenvalue weighted by atomic mass is 17.0. The van der Waals surface area contributed by atoms with Gasteiger partial charge in [-0.05, 0) is 48.9 Å². The molecule has 4 aliphatic carbocycles. The van der Waals surface area contributed by atoms with Crippen molar-refractivity contribution in [3.63, 3.8) is 0 Å². The lowest BCUT2D eigenvalue weighted by atomic mass is 9.43. The van der Waals surface area contributed by atoms with E-state index in [1.807, 2.05) is 13.8 Å².